The first kappa shape index (κ1) is 17.2. The van der Waals surface area contributed by atoms with Crippen molar-refractivity contribution >= 4 is 5.91 Å². The van der Waals surface area contributed by atoms with Gasteiger partial charge in [0.25, 0.3) is 0 Å². The highest BCUT2D eigenvalue weighted by atomic mass is 16.5. The molecule has 1 N–H and O–H groups in total. The zero-order valence-electron chi connectivity index (χ0n) is 14.9. The summed E-state index contributed by atoms with van der Waals surface area (Å²) < 4.78 is 5.85. The van der Waals surface area contributed by atoms with Crippen LogP contribution in [0.5, 0.6) is 0 Å². The van der Waals surface area contributed by atoms with Crippen molar-refractivity contribution in [3.05, 3.63) is 0 Å². The Morgan fingerprint density at radius 2 is 1.91 bits per heavy atom. The van der Waals surface area contributed by atoms with Gasteiger partial charge in [0.1, 0.15) is 0 Å². The third kappa shape index (κ3) is 4.48. The van der Waals surface area contributed by atoms with E-state index in [0.717, 1.165) is 51.3 Å². The Morgan fingerprint density at radius 3 is 2.57 bits per heavy atom. The highest BCUT2D eigenvalue weighted by Gasteiger charge is 2.35. The number of hydrogen-bond acceptors (Lipinski definition) is 3. The minimum Gasteiger partial charge on any atom is -0.376 e. The standard InChI is InChI=1S/C19H34N2O2/c1-14-5-7-17(8-6-14)21(13-18-4-3-11-23-18)19(22)16-9-10-20-15(2)12-16/h14-18,20H,3-13H2,1-2H3/t14?,15-,16-,17?,18?/m0/s1. The molecule has 1 amide bonds. The average Bonchev–Trinajstić information content (AvgIpc) is 3.06. The molecule has 3 aliphatic rings. The van der Waals surface area contributed by atoms with Gasteiger partial charge in [-0.15, -0.1) is 0 Å². The van der Waals surface area contributed by atoms with E-state index >= 15 is 0 Å². The lowest BCUT2D eigenvalue weighted by Crippen LogP contribution is -2.51. The Hall–Kier alpha value is -0.610. The van der Waals surface area contributed by atoms with Gasteiger partial charge in [-0.3, -0.25) is 4.79 Å². The molecule has 1 aliphatic carbocycles. The summed E-state index contributed by atoms with van der Waals surface area (Å²) in [7, 11) is 0. The zero-order valence-corrected chi connectivity index (χ0v) is 14.9. The van der Waals surface area contributed by atoms with E-state index in [0.29, 0.717) is 18.0 Å². The summed E-state index contributed by atoms with van der Waals surface area (Å²) in [6, 6.07) is 0.918. The number of amides is 1. The number of carbonyl (C=O) groups excluding carboxylic acids is 1. The van der Waals surface area contributed by atoms with Crippen molar-refractivity contribution < 1.29 is 9.53 Å². The number of hydrogen-bond donors (Lipinski definition) is 1. The van der Waals surface area contributed by atoms with Crippen molar-refractivity contribution in [1.29, 1.82) is 0 Å². The predicted octanol–water partition coefficient (Wildman–Crippen LogP) is 2.96. The minimum atomic E-state index is 0.215. The fourth-order valence-corrected chi connectivity index (χ4v) is 4.57. The lowest BCUT2D eigenvalue weighted by molar-refractivity contribution is -0.142. The molecule has 1 saturated carbocycles. The number of piperidine rings is 1. The molecular formula is C19H34N2O2. The molecule has 0 aromatic carbocycles. The second-order valence-corrected chi connectivity index (χ2v) is 8.12. The van der Waals surface area contributed by atoms with Crippen LogP contribution in [0, 0.1) is 11.8 Å². The molecule has 0 radical (unpaired) electrons. The van der Waals surface area contributed by atoms with Crippen LogP contribution in [0.3, 0.4) is 0 Å². The van der Waals surface area contributed by atoms with Crippen LogP contribution in [0.15, 0.2) is 0 Å². The summed E-state index contributed by atoms with van der Waals surface area (Å²) in [5.41, 5.74) is 0. The van der Waals surface area contributed by atoms with Crippen LogP contribution in [-0.4, -0.2) is 48.7 Å². The predicted molar refractivity (Wildman–Crippen MR) is 92.3 cm³/mol. The first-order valence-corrected chi connectivity index (χ1v) is 9.79. The molecule has 3 atom stereocenters. The number of nitrogens with one attached hydrogen (secondary N) is 1. The maximum atomic E-state index is 13.3. The number of ether oxygens (including phenoxy) is 1. The van der Waals surface area contributed by atoms with E-state index in [4.69, 9.17) is 4.74 Å². The second kappa shape index (κ2) is 7.98. The quantitative estimate of drug-likeness (QED) is 0.865. The van der Waals surface area contributed by atoms with Gasteiger partial charge in [0.05, 0.1) is 6.10 Å². The van der Waals surface area contributed by atoms with E-state index in [1.807, 2.05) is 0 Å². The lowest BCUT2D eigenvalue weighted by Gasteiger charge is -2.40. The van der Waals surface area contributed by atoms with Crippen LogP contribution in [0.1, 0.15) is 65.2 Å². The van der Waals surface area contributed by atoms with E-state index in [2.05, 4.69) is 24.1 Å². The van der Waals surface area contributed by atoms with Crippen LogP contribution in [0.4, 0.5) is 0 Å². The molecule has 0 aromatic heterocycles. The maximum Gasteiger partial charge on any atom is 0.226 e. The maximum absolute atomic E-state index is 13.3. The van der Waals surface area contributed by atoms with Gasteiger partial charge in [0.2, 0.25) is 5.91 Å². The van der Waals surface area contributed by atoms with E-state index in [-0.39, 0.29) is 12.0 Å². The molecule has 3 rings (SSSR count). The van der Waals surface area contributed by atoms with Gasteiger partial charge in [-0.05, 0) is 70.8 Å². The van der Waals surface area contributed by atoms with E-state index in [9.17, 15) is 4.79 Å². The first-order valence-electron chi connectivity index (χ1n) is 9.79. The average molecular weight is 322 g/mol. The number of carbonyl (C=O) groups is 1. The van der Waals surface area contributed by atoms with E-state index in [1.54, 1.807) is 0 Å². The summed E-state index contributed by atoms with van der Waals surface area (Å²) in [4.78, 5) is 15.5. The fourth-order valence-electron chi connectivity index (χ4n) is 4.57. The van der Waals surface area contributed by atoms with Crippen molar-refractivity contribution in [3.8, 4) is 0 Å². The molecule has 0 bridgehead atoms. The number of nitrogens with zero attached hydrogens (tertiary/aromatic N) is 1. The molecule has 2 aliphatic heterocycles. The van der Waals surface area contributed by atoms with Crippen LogP contribution in [0.25, 0.3) is 0 Å². The van der Waals surface area contributed by atoms with Gasteiger partial charge in [-0.2, -0.15) is 0 Å². The summed E-state index contributed by atoms with van der Waals surface area (Å²) >= 11 is 0. The molecule has 0 spiro atoms. The summed E-state index contributed by atoms with van der Waals surface area (Å²) in [5, 5.41) is 3.47. The van der Waals surface area contributed by atoms with Gasteiger partial charge < -0.3 is 15.0 Å². The monoisotopic (exact) mass is 322 g/mol. The van der Waals surface area contributed by atoms with Gasteiger partial charge in [-0.25, -0.2) is 0 Å². The molecule has 1 unspecified atom stereocenters. The molecule has 4 heteroatoms. The molecule has 23 heavy (non-hydrogen) atoms. The Labute approximate surface area is 141 Å². The minimum absolute atomic E-state index is 0.215. The van der Waals surface area contributed by atoms with Crippen LogP contribution < -0.4 is 5.32 Å². The molecule has 4 nitrogen and oxygen atoms in total. The topological polar surface area (TPSA) is 41.6 Å². The third-order valence-electron chi connectivity index (χ3n) is 6.11. The van der Waals surface area contributed by atoms with Gasteiger partial charge in [-0.1, -0.05) is 6.92 Å². The van der Waals surface area contributed by atoms with Crippen molar-refractivity contribution in [1.82, 2.24) is 10.2 Å². The SMILES string of the molecule is CC1CCC(N(CC2CCCO2)C(=O)[C@H]2CCN[C@@H](C)C2)CC1. The molecular weight excluding hydrogens is 288 g/mol. The zero-order chi connectivity index (χ0) is 16.2. The van der Waals surface area contributed by atoms with Gasteiger partial charge in [0.15, 0.2) is 0 Å². The van der Waals surface area contributed by atoms with Crippen LogP contribution >= 0.6 is 0 Å². The Morgan fingerprint density at radius 1 is 1.13 bits per heavy atom. The Bertz CT molecular complexity index is 387. The summed E-state index contributed by atoms with van der Waals surface area (Å²) in [6.07, 6.45) is 9.43. The molecule has 132 valence electrons. The van der Waals surface area contributed by atoms with Crippen LogP contribution in [-0.2, 0) is 9.53 Å². The van der Waals surface area contributed by atoms with Crippen LogP contribution in [0.2, 0.25) is 0 Å². The smallest absolute Gasteiger partial charge is 0.226 e. The van der Waals surface area contributed by atoms with Crippen molar-refractivity contribution in [2.24, 2.45) is 11.8 Å². The van der Waals surface area contributed by atoms with Crippen molar-refractivity contribution in [2.75, 3.05) is 19.7 Å². The third-order valence-corrected chi connectivity index (χ3v) is 6.11. The molecule has 0 aromatic rings. The van der Waals surface area contributed by atoms with E-state index in [1.165, 1.54) is 25.7 Å². The first-order chi connectivity index (χ1) is 11.1. The lowest BCUT2D eigenvalue weighted by atomic mass is 9.85. The Balaban J connectivity index is 1.66. The van der Waals surface area contributed by atoms with E-state index < -0.39 is 0 Å². The fraction of sp³-hybridized carbons (Fsp3) is 0.947. The molecule has 2 saturated heterocycles. The summed E-state index contributed by atoms with van der Waals surface area (Å²) in [6.45, 7) is 7.23. The van der Waals surface area contributed by atoms with Gasteiger partial charge in [0, 0.05) is 31.2 Å². The van der Waals surface area contributed by atoms with Crippen molar-refractivity contribution in [3.63, 3.8) is 0 Å². The van der Waals surface area contributed by atoms with Gasteiger partial charge >= 0.3 is 0 Å². The Kier molecular flexibility index (Phi) is 5.97. The van der Waals surface area contributed by atoms with Crippen molar-refractivity contribution in [2.45, 2.75) is 83.4 Å². The summed E-state index contributed by atoms with van der Waals surface area (Å²) in [5.74, 6) is 1.45. The number of rotatable bonds is 4. The second-order valence-electron chi connectivity index (χ2n) is 8.12. The normalized spacial score (nSPS) is 38.4. The molecule has 3 fully saturated rings. The largest absolute Gasteiger partial charge is 0.376 e. The molecule has 2 heterocycles. The highest BCUT2D eigenvalue weighted by molar-refractivity contribution is 5.79. The highest BCUT2D eigenvalue weighted by Crippen LogP contribution is 2.30.